The van der Waals surface area contributed by atoms with Gasteiger partial charge in [-0.1, -0.05) is 28.1 Å². The van der Waals surface area contributed by atoms with Crippen LogP contribution >= 0.6 is 50.1 Å². The molecule has 0 amide bonds. The zero-order valence-corrected chi connectivity index (χ0v) is 10.9. The minimum absolute atomic E-state index is 0.806. The van der Waals surface area contributed by atoms with Crippen LogP contribution in [-0.4, -0.2) is 9.36 Å². The minimum atomic E-state index is 0.806. The first-order valence-corrected chi connectivity index (χ1v) is 6.15. The molecule has 0 saturated carbocycles. The third-order valence-electron chi connectivity index (χ3n) is 1.49. The summed E-state index contributed by atoms with van der Waals surface area (Å²) in [6.07, 6.45) is 0. The lowest BCUT2D eigenvalue weighted by Crippen LogP contribution is -1.76. The van der Waals surface area contributed by atoms with E-state index in [2.05, 4.69) is 47.9 Å². The highest BCUT2D eigenvalue weighted by Crippen LogP contribution is 2.23. The second-order valence-corrected chi connectivity index (χ2v) is 5.01. The number of rotatable bonds is 1. The Hall–Kier alpha value is -0.0100. The lowest BCUT2D eigenvalue weighted by atomic mass is 10.2. The molecule has 0 fully saturated rings. The van der Waals surface area contributed by atoms with Gasteiger partial charge in [-0.05, 0) is 23.7 Å². The monoisotopic (exact) mass is 366 g/mol. The van der Waals surface area contributed by atoms with E-state index in [1.807, 2.05) is 24.3 Å². The van der Waals surface area contributed by atoms with E-state index < -0.39 is 0 Å². The number of halogens is 2. The van der Waals surface area contributed by atoms with Gasteiger partial charge in [0.15, 0.2) is 0 Å². The van der Waals surface area contributed by atoms with Crippen molar-refractivity contribution in [3.8, 4) is 10.6 Å². The van der Waals surface area contributed by atoms with Crippen molar-refractivity contribution in [1.82, 2.24) is 9.36 Å². The van der Waals surface area contributed by atoms with E-state index in [1.54, 1.807) is 0 Å². The number of benzene rings is 1. The molecule has 0 aliphatic carbocycles. The molecule has 0 N–H and O–H groups in total. The molecule has 1 aromatic carbocycles. The molecule has 2 nitrogen and oxygen atoms in total. The lowest BCUT2D eigenvalue weighted by molar-refractivity contribution is 1.25. The molecule has 13 heavy (non-hydrogen) atoms. The van der Waals surface area contributed by atoms with E-state index in [0.29, 0.717) is 0 Å². The maximum atomic E-state index is 4.29. The zero-order valence-electron chi connectivity index (χ0n) is 6.37. The van der Waals surface area contributed by atoms with Crippen LogP contribution in [0.15, 0.2) is 28.7 Å². The molecule has 0 bridgehead atoms. The van der Waals surface area contributed by atoms with Gasteiger partial charge in [-0.3, -0.25) is 0 Å². The highest BCUT2D eigenvalue weighted by molar-refractivity contribution is 14.1. The second kappa shape index (κ2) is 4.02. The first-order chi connectivity index (χ1) is 6.25. The molecular formula is C8H4BrIN2S. The summed E-state index contributed by atoms with van der Waals surface area (Å²) in [4.78, 5) is 4.29. The van der Waals surface area contributed by atoms with Gasteiger partial charge in [-0.25, -0.2) is 4.98 Å². The Balaban J connectivity index is 2.41. The fourth-order valence-corrected chi connectivity index (χ4v) is 2.45. The molecule has 0 unspecified atom stereocenters. The van der Waals surface area contributed by atoms with Gasteiger partial charge in [0.1, 0.15) is 5.01 Å². The van der Waals surface area contributed by atoms with Gasteiger partial charge in [0.05, 0.1) is 0 Å². The summed E-state index contributed by atoms with van der Waals surface area (Å²) in [7, 11) is 0. The van der Waals surface area contributed by atoms with E-state index in [9.17, 15) is 0 Å². The number of hydrogen-bond acceptors (Lipinski definition) is 3. The Morgan fingerprint density at radius 1 is 1.23 bits per heavy atom. The van der Waals surface area contributed by atoms with Crippen LogP contribution in [0.25, 0.3) is 10.6 Å². The first kappa shape index (κ1) is 9.54. The molecule has 0 radical (unpaired) electrons. The minimum Gasteiger partial charge on any atom is -0.210 e. The van der Waals surface area contributed by atoms with E-state index in [-0.39, 0.29) is 0 Å². The normalized spacial score (nSPS) is 10.3. The molecule has 0 saturated heterocycles. The van der Waals surface area contributed by atoms with Crippen molar-refractivity contribution in [2.24, 2.45) is 0 Å². The second-order valence-electron chi connectivity index (χ2n) is 2.38. The van der Waals surface area contributed by atoms with Crippen LogP contribution in [-0.2, 0) is 0 Å². The molecule has 0 aliphatic rings. The van der Waals surface area contributed by atoms with Gasteiger partial charge >= 0.3 is 0 Å². The summed E-state index contributed by atoms with van der Waals surface area (Å²) >= 11 is 6.93. The van der Waals surface area contributed by atoms with Gasteiger partial charge in [-0.15, -0.1) is 0 Å². The van der Waals surface area contributed by atoms with Crippen LogP contribution in [0.2, 0.25) is 0 Å². The van der Waals surface area contributed by atoms with Crippen LogP contribution in [0, 0.1) is 3.83 Å². The fraction of sp³-hybridized carbons (Fsp3) is 0. The molecule has 1 aromatic heterocycles. The largest absolute Gasteiger partial charge is 0.210 e. The van der Waals surface area contributed by atoms with Crippen molar-refractivity contribution in [3.63, 3.8) is 0 Å². The van der Waals surface area contributed by atoms with Crippen molar-refractivity contribution >= 4 is 50.1 Å². The maximum absolute atomic E-state index is 4.29. The standard InChI is InChI=1S/C8H4BrIN2S/c9-6-3-1-5(2-4-6)7-11-8(10)12-13-7/h1-4H. The number of aromatic nitrogens is 2. The lowest BCUT2D eigenvalue weighted by Gasteiger charge is -1.93. The smallest absolute Gasteiger partial charge is 0.203 e. The Morgan fingerprint density at radius 3 is 2.46 bits per heavy atom. The summed E-state index contributed by atoms with van der Waals surface area (Å²) in [6, 6.07) is 8.06. The average Bonchev–Trinajstić information content (AvgIpc) is 2.53. The summed E-state index contributed by atoms with van der Waals surface area (Å²) in [5.41, 5.74) is 1.11. The van der Waals surface area contributed by atoms with E-state index in [4.69, 9.17) is 0 Å². The van der Waals surface area contributed by atoms with E-state index >= 15 is 0 Å². The van der Waals surface area contributed by atoms with Crippen molar-refractivity contribution in [2.75, 3.05) is 0 Å². The Kier molecular flexibility index (Phi) is 2.95. The topological polar surface area (TPSA) is 25.8 Å². The molecule has 66 valence electrons. The van der Waals surface area contributed by atoms with Crippen LogP contribution in [0.4, 0.5) is 0 Å². The third-order valence-corrected chi connectivity index (χ3v) is 3.60. The van der Waals surface area contributed by atoms with E-state index in [0.717, 1.165) is 18.9 Å². The van der Waals surface area contributed by atoms with Crippen LogP contribution in [0.5, 0.6) is 0 Å². The SMILES string of the molecule is Brc1ccc(-c2nc(I)ns2)cc1. The highest BCUT2D eigenvalue weighted by atomic mass is 127. The molecule has 5 heteroatoms. The molecule has 0 spiro atoms. The van der Waals surface area contributed by atoms with Crippen LogP contribution in [0.3, 0.4) is 0 Å². The number of hydrogen-bond donors (Lipinski definition) is 0. The van der Waals surface area contributed by atoms with Gasteiger partial charge < -0.3 is 0 Å². The maximum Gasteiger partial charge on any atom is 0.203 e. The highest BCUT2D eigenvalue weighted by Gasteiger charge is 2.03. The molecular weight excluding hydrogens is 363 g/mol. The Morgan fingerprint density at radius 2 is 1.92 bits per heavy atom. The predicted octanol–water partition coefficient (Wildman–Crippen LogP) is 3.57. The zero-order chi connectivity index (χ0) is 9.26. The van der Waals surface area contributed by atoms with Gasteiger partial charge in [0, 0.05) is 32.6 Å². The van der Waals surface area contributed by atoms with E-state index in [1.165, 1.54) is 11.5 Å². The summed E-state index contributed by atoms with van der Waals surface area (Å²) < 4.78 is 6.01. The molecule has 0 aliphatic heterocycles. The molecule has 2 rings (SSSR count). The van der Waals surface area contributed by atoms with Gasteiger partial charge in [0.25, 0.3) is 0 Å². The van der Waals surface area contributed by atoms with Gasteiger partial charge in [-0.2, -0.15) is 4.37 Å². The third kappa shape index (κ3) is 2.26. The van der Waals surface area contributed by atoms with Crippen molar-refractivity contribution in [3.05, 3.63) is 32.6 Å². The molecule has 0 atom stereocenters. The first-order valence-electron chi connectivity index (χ1n) is 3.51. The summed E-state index contributed by atoms with van der Waals surface area (Å²) in [5, 5.41) is 0.969. The molecule has 1 heterocycles. The summed E-state index contributed by atoms with van der Waals surface area (Å²) in [5.74, 6) is 0. The fourth-order valence-electron chi connectivity index (χ4n) is 0.915. The Labute approximate surface area is 102 Å². The van der Waals surface area contributed by atoms with Gasteiger partial charge in [0.2, 0.25) is 3.83 Å². The quantitative estimate of drug-likeness (QED) is 0.721. The number of nitrogens with zero attached hydrogens (tertiary/aromatic N) is 2. The Bertz CT molecular complexity index is 412. The van der Waals surface area contributed by atoms with Crippen molar-refractivity contribution < 1.29 is 0 Å². The van der Waals surface area contributed by atoms with Crippen LogP contribution < -0.4 is 0 Å². The molecule has 2 aromatic rings. The van der Waals surface area contributed by atoms with Crippen molar-refractivity contribution in [1.29, 1.82) is 0 Å². The average molecular weight is 367 g/mol. The van der Waals surface area contributed by atoms with Crippen LogP contribution in [0.1, 0.15) is 0 Å². The summed E-state index contributed by atoms with van der Waals surface area (Å²) in [6.45, 7) is 0. The van der Waals surface area contributed by atoms with Crippen molar-refractivity contribution in [2.45, 2.75) is 0 Å². The predicted molar refractivity (Wildman–Crippen MR) is 65.8 cm³/mol.